The number of amides is 1. The molecule has 7 nitrogen and oxygen atoms in total. The van der Waals surface area contributed by atoms with Gasteiger partial charge in [0.15, 0.2) is 0 Å². The lowest BCUT2D eigenvalue weighted by molar-refractivity contribution is 0.0206. The Morgan fingerprint density at radius 3 is 2.90 bits per heavy atom. The molecule has 1 atom stereocenters. The standard InChI is InChI=1S/C14H23N5O2/c1-10-8-15-18-12(16-10)17-11-6-5-7-19(9-11)13(20)21-14(2,3)4/h8,11H,5-7,9H2,1-4H3,(H,16,17,18)/t11-/m1/s1. The first-order valence-electron chi connectivity index (χ1n) is 7.24. The molecule has 2 rings (SSSR count). The summed E-state index contributed by atoms with van der Waals surface area (Å²) < 4.78 is 5.41. The molecule has 1 saturated heterocycles. The number of hydrogen-bond donors (Lipinski definition) is 1. The Kier molecular flexibility index (Phi) is 4.59. The van der Waals surface area contributed by atoms with E-state index in [1.807, 2.05) is 27.7 Å². The number of hydrogen-bond acceptors (Lipinski definition) is 6. The van der Waals surface area contributed by atoms with E-state index in [-0.39, 0.29) is 12.1 Å². The van der Waals surface area contributed by atoms with Gasteiger partial charge in [0.25, 0.3) is 0 Å². The van der Waals surface area contributed by atoms with E-state index in [1.165, 1.54) is 0 Å². The molecule has 1 amide bonds. The van der Waals surface area contributed by atoms with Crippen LogP contribution in [0.5, 0.6) is 0 Å². The van der Waals surface area contributed by atoms with E-state index >= 15 is 0 Å². The zero-order chi connectivity index (χ0) is 15.5. The highest BCUT2D eigenvalue weighted by Gasteiger charge is 2.27. The molecule has 116 valence electrons. The van der Waals surface area contributed by atoms with Gasteiger partial charge in [0.2, 0.25) is 5.95 Å². The molecule has 0 unspecified atom stereocenters. The summed E-state index contributed by atoms with van der Waals surface area (Å²) in [6.07, 6.45) is 3.24. The van der Waals surface area contributed by atoms with Crippen LogP contribution in [0.3, 0.4) is 0 Å². The zero-order valence-corrected chi connectivity index (χ0v) is 13.1. The van der Waals surface area contributed by atoms with Gasteiger partial charge in [-0.05, 0) is 40.5 Å². The number of piperidine rings is 1. The van der Waals surface area contributed by atoms with Gasteiger partial charge in [-0.2, -0.15) is 5.10 Å². The molecule has 1 aromatic heterocycles. The SMILES string of the molecule is Cc1cnnc(N[C@@H]2CCCN(C(=O)OC(C)(C)C)C2)n1. The third kappa shape index (κ3) is 4.84. The predicted octanol–water partition coefficient (Wildman–Crippen LogP) is 1.99. The summed E-state index contributed by atoms with van der Waals surface area (Å²) in [5.41, 5.74) is 0.341. The number of aryl methyl sites for hydroxylation is 1. The lowest BCUT2D eigenvalue weighted by Gasteiger charge is -2.34. The summed E-state index contributed by atoms with van der Waals surface area (Å²) in [4.78, 5) is 18.1. The number of carbonyl (C=O) groups is 1. The first kappa shape index (κ1) is 15.5. The van der Waals surface area contributed by atoms with Crippen molar-refractivity contribution in [1.29, 1.82) is 0 Å². The lowest BCUT2D eigenvalue weighted by Crippen LogP contribution is -2.47. The molecule has 0 spiro atoms. The quantitative estimate of drug-likeness (QED) is 0.898. The van der Waals surface area contributed by atoms with Crippen LogP contribution >= 0.6 is 0 Å². The first-order chi connectivity index (χ1) is 9.83. The van der Waals surface area contributed by atoms with Gasteiger partial charge < -0.3 is 15.0 Å². The summed E-state index contributed by atoms with van der Waals surface area (Å²) in [5, 5.41) is 11.1. The third-order valence-electron chi connectivity index (χ3n) is 3.09. The maximum Gasteiger partial charge on any atom is 0.410 e. The number of nitrogens with one attached hydrogen (secondary N) is 1. The summed E-state index contributed by atoms with van der Waals surface area (Å²) in [6.45, 7) is 8.80. The summed E-state index contributed by atoms with van der Waals surface area (Å²) >= 11 is 0. The topological polar surface area (TPSA) is 80.2 Å². The number of likely N-dealkylation sites (tertiary alicyclic amines) is 1. The Bertz CT molecular complexity index is 500. The van der Waals surface area contributed by atoms with Crippen LogP contribution in [0.1, 0.15) is 39.3 Å². The van der Waals surface area contributed by atoms with E-state index in [1.54, 1.807) is 11.1 Å². The second-order valence-corrected chi connectivity index (χ2v) is 6.33. The Hall–Kier alpha value is -1.92. The van der Waals surface area contributed by atoms with Gasteiger partial charge in [-0.25, -0.2) is 9.78 Å². The number of rotatable bonds is 2. The number of nitrogens with zero attached hydrogens (tertiary/aromatic N) is 4. The molecule has 1 aliphatic heterocycles. The van der Waals surface area contributed by atoms with Crippen molar-refractivity contribution in [2.75, 3.05) is 18.4 Å². The highest BCUT2D eigenvalue weighted by Crippen LogP contribution is 2.17. The molecule has 0 saturated carbocycles. The molecule has 21 heavy (non-hydrogen) atoms. The average molecular weight is 293 g/mol. The monoisotopic (exact) mass is 293 g/mol. The molecular weight excluding hydrogens is 270 g/mol. The van der Waals surface area contributed by atoms with Gasteiger partial charge in [0.1, 0.15) is 5.60 Å². The molecular formula is C14H23N5O2. The van der Waals surface area contributed by atoms with E-state index in [4.69, 9.17) is 4.74 Å². The van der Waals surface area contributed by atoms with E-state index in [0.717, 1.165) is 25.1 Å². The Morgan fingerprint density at radius 2 is 2.24 bits per heavy atom. The van der Waals surface area contributed by atoms with E-state index < -0.39 is 5.60 Å². The fraction of sp³-hybridized carbons (Fsp3) is 0.714. The molecule has 1 aromatic rings. The fourth-order valence-electron chi connectivity index (χ4n) is 2.22. The molecule has 2 heterocycles. The van der Waals surface area contributed by atoms with E-state index in [2.05, 4.69) is 20.5 Å². The molecule has 0 aromatic carbocycles. The van der Waals surface area contributed by atoms with Crippen LogP contribution in [0.25, 0.3) is 0 Å². The smallest absolute Gasteiger partial charge is 0.410 e. The van der Waals surface area contributed by atoms with Crippen molar-refractivity contribution in [1.82, 2.24) is 20.1 Å². The summed E-state index contributed by atoms with van der Waals surface area (Å²) in [6, 6.07) is 0.120. The molecule has 0 aliphatic carbocycles. The van der Waals surface area contributed by atoms with Crippen molar-refractivity contribution in [3.8, 4) is 0 Å². The second-order valence-electron chi connectivity index (χ2n) is 6.33. The fourth-order valence-corrected chi connectivity index (χ4v) is 2.22. The largest absolute Gasteiger partial charge is 0.444 e. The van der Waals surface area contributed by atoms with E-state index in [9.17, 15) is 4.79 Å². The maximum absolute atomic E-state index is 12.1. The highest BCUT2D eigenvalue weighted by atomic mass is 16.6. The van der Waals surface area contributed by atoms with Crippen molar-refractivity contribution in [2.24, 2.45) is 0 Å². The van der Waals surface area contributed by atoms with Crippen LogP contribution in [0.4, 0.5) is 10.7 Å². The predicted molar refractivity (Wildman–Crippen MR) is 79.0 cm³/mol. The average Bonchev–Trinajstić information content (AvgIpc) is 2.37. The normalized spacial score (nSPS) is 19.2. The molecule has 0 bridgehead atoms. The van der Waals surface area contributed by atoms with Crippen molar-refractivity contribution < 1.29 is 9.53 Å². The minimum atomic E-state index is -0.471. The summed E-state index contributed by atoms with van der Waals surface area (Å²) in [5.74, 6) is 0.506. The van der Waals surface area contributed by atoms with Crippen LogP contribution in [0.2, 0.25) is 0 Å². The van der Waals surface area contributed by atoms with Crippen molar-refractivity contribution in [2.45, 2.75) is 52.2 Å². The minimum Gasteiger partial charge on any atom is -0.444 e. The van der Waals surface area contributed by atoms with Gasteiger partial charge in [0, 0.05) is 19.1 Å². The molecule has 1 fully saturated rings. The van der Waals surface area contributed by atoms with Crippen molar-refractivity contribution in [3.63, 3.8) is 0 Å². The van der Waals surface area contributed by atoms with Crippen molar-refractivity contribution in [3.05, 3.63) is 11.9 Å². The first-order valence-corrected chi connectivity index (χ1v) is 7.24. The number of ether oxygens (including phenoxy) is 1. The van der Waals surface area contributed by atoms with Crippen molar-refractivity contribution >= 4 is 12.0 Å². The Morgan fingerprint density at radius 1 is 1.48 bits per heavy atom. The number of aromatic nitrogens is 3. The molecule has 1 aliphatic rings. The van der Waals surface area contributed by atoms with Crippen LogP contribution in [-0.4, -0.2) is 50.9 Å². The number of carbonyl (C=O) groups excluding carboxylic acids is 1. The molecule has 7 heteroatoms. The van der Waals surface area contributed by atoms with Gasteiger partial charge in [-0.1, -0.05) is 0 Å². The zero-order valence-electron chi connectivity index (χ0n) is 13.1. The highest BCUT2D eigenvalue weighted by molar-refractivity contribution is 5.68. The second kappa shape index (κ2) is 6.24. The van der Waals surface area contributed by atoms with Crippen LogP contribution in [-0.2, 0) is 4.74 Å². The minimum absolute atomic E-state index is 0.120. The molecule has 1 N–H and O–H groups in total. The summed E-state index contributed by atoms with van der Waals surface area (Å²) in [7, 11) is 0. The van der Waals surface area contributed by atoms with Crippen LogP contribution in [0, 0.1) is 6.92 Å². The van der Waals surface area contributed by atoms with Crippen LogP contribution < -0.4 is 5.32 Å². The molecule has 0 radical (unpaired) electrons. The van der Waals surface area contributed by atoms with Gasteiger partial charge >= 0.3 is 6.09 Å². The van der Waals surface area contributed by atoms with Gasteiger partial charge in [0.05, 0.1) is 11.9 Å². The number of anilines is 1. The Balaban J connectivity index is 1.93. The van der Waals surface area contributed by atoms with E-state index in [0.29, 0.717) is 12.5 Å². The third-order valence-corrected chi connectivity index (χ3v) is 3.09. The van der Waals surface area contributed by atoms with Gasteiger partial charge in [-0.15, -0.1) is 5.10 Å². The van der Waals surface area contributed by atoms with Gasteiger partial charge in [-0.3, -0.25) is 0 Å². The maximum atomic E-state index is 12.1. The lowest BCUT2D eigenvalue weighted by atomic mass is 10.1. The Labute approximate surface area is 125 Å². The van der Waals surface area contributed by atoms with Crippen LogP contribution in [0.15, 0.2) is 6.20 Å².